The number of aromatic amines is 1. The second-order valence-electron chi connectivity index (χ2n) is 7.24. The van der Waals surface area contributed by atoms with Gasteiger partial charge in [-0.15, -0.1) is 0 Å². The maximum atomic E-state index is 12.7. The number of hydrogen-bond acceptors (Lipinski definition) is 6. The Morgan fingerprint density at radius 3 is 2.39 bits per heavy atom. The van der Waals surface area contributed by atoms with Gasteiger partial charge in [0.2, 0.25) is 0 Å². The number of hydrazone groups is 1. The summed E-state index contributed by atoms with van der Waals surface area (Å²) in [6.07, 6.45) is 0. The van der Waals surface area contributed by atoms with E-state index >= 15 is 0 Å². The highest BCUT2D eigenvalue weighted by atomic mass is 16.5. The molecule has 0 aliphatic heterocycles. The van der Waals surface area contributed by atoms with E-state index in [9.17, 15) is 4.79 Å². The van der Waals surface area contributed by atoms with Crippen LogP contribution < -0.4 is 19.6 Å². The molecule has 4 rings (SSSR count). The summed E-state index contributed by atoms with van der Waals surface area (Å²) in [5.41, 5.74) is 5.67. The zero-order valence-electron chi connectivity index (χ0n) is 18.8. The molecule has 1 heterocycles. The van der Waals surface area contributed by atoms with Crippen molar-refractivity contribution in [3.05, 3.63) is 71.9 Å². The number of carbonyl (C=O) groups is 1. The number of nitrogens with zero attached hydrogens (tertiary/aromatic N) is 2. The van der Waals surface area contributed by atoms with E-state index in [2.05, 4.69) is 20.7 Å². The van der Waals surface area contributed by atoms with Crippen LogP contribution in [0.2, 0.25) is 0 Å². The van der Waals surface area contributed by atoms with Gasteiger partial charge in [0.25, 0.3) is 5.91 Å². The Morgan fingerprint density at radius 2 is 1.64 bits per heavy atom. The second-order valence-corrected chi connectivity index (χ2v) is 7.24. The van der Waals surface area contributed by atoms with Gasteiger partial charge in [0.15, 0.2) is 11.5 Å². The quantitative estimate of drug-likeness (QED) is 0.325. The average Bonchev–Trinajstić information content (AvgIpc) is 3.35. The Kier molecular flexibility index (Phi) is 6.26. The maximum Gasteiger partial charge on any atom is 0.289 e. The number of aromatic nitrogens is 2. The summed E-state index contributed by atoms with van der Waals surface area (Å²) < 4.78 is 16.1. The molecule has 2 N–H and O–H groups in total. The molecule has 0 atom stereocenters. The first-order valence-electron chi connectivity index (χ1n) is 10.2. The Balaban J connectivity index is 1.58. The summed E-state index contributed by atoms with van der Waals surface area (Å²) in [6, 6.07) is 18.9. The molecule has 0 radical (unpaired) electrons. The first-order chi connectivity index (χ1) is 16.0. The molecule has 0 saturated heterocycles. The standard InChI is InChI=1S/C25H24N4O4/c1-15(17-10-11-21(31-2)23(13-17)33-4)26-29-25(30)20-14-19(27-28-20)24-18-8-6-5-7-16(18)9-12-22(24)32-3/h5-14H,1-4H3,(H,27,28)(H,29,30)/b26-15+. The molecule has 0 aliphatic carbocycles. The van der Waals surface area contributed by atoms with E-state index < -0.39 is 5.91 Å². The van der Waals surface area contributed by atoms with Crippen molar-refractivity contribution in [2.75, 3.05) is 21.3 Å². The van der Waals surface area contributed by atoms with Crippen molar-refractivity contribution in [3.63, 3.8) is 0 Å². The largest absolute Gasteiger partial charge is 0.496 e. The van der Waals surface area contributed by atoms with E-state index in [-0.39, 0.29) is 5.69 Å². The Bertz CT molecular complexity index is 1340. The molecule has 168 valence electrons. The van der Waals surface area contributed by atoms with Gasteiger partial charge in [-0.2, -0.15) is 10.2 Å². The lowest BCUT2D eigenvalue weighted by Crippen LogP contribution is -2.19. The van der Waals surface area contributed by atoms with E-state index in [0.717, 1.165) is 21.9 Å². The van der Waals surface area contributed by atoms with Crippen LogP contribution in [0.1, 0.15) is 23.0 Å². The van der Waals surface area contributed by atoms with Crippen LogP contribution in [-0.4, -0.2) is 43.1 Å². The molecule has 3 aromatic carbocycles. The minimum absolute atomic E-state index is 0.281. The molecule has 4 aromatic rings. The molecular weight excluding hydrogens is 420 g/mol. The van der Waals surface area contributed by atoms with Crippen molar-refractivity contribution >= 4 is 22.4 Å². The Morgan fingerprint density at radius 1 is 0.909 bits per heavy atom. The van der Waals surface area contributed by atoms with E-state index in [1.807, 2.05) is 42.5 Å². The Hall–Kier alpha value is -4.33. The van der Waals surface area contributed by atoms with Gasteiger partial charge in [-0.3, -0.25) is 9.89 Å². The molecule has 0 unspecified atom stereocenters. The number of carbonyl (C=O) groups excluding carboxylic acids is 1. The number of rotatable bonds is 7. The first-order valence-corrected chi connectivity index (χ1v) is 10.2. The maximum absolute atomic E-state index is 12.7. The van der Waals surface area contributed by atoms with Gasteiger partial charge >= 0.3 is 0 Å². The predicted molar refractivity (Wildman–Crippen MR) is 127 cm³/mol. The van der Waals surface area contributed by atoms with Crippen molar-refractivity contribution in [1.82, 2.24) is 15.6 Å². The molecular formula is C25H24N4O4. The number of fused-ring (bicyclic) bond motifs is 1. The van der Waals surface area contributed by atoms with E-state index in [1.165, 1.54) is 0 Å². The molecule has 0 fully saturated rings. The third kappa shape index (κ3) is 4.36. The molecule has 8 nitrogen and oxygen atoms in total. The van der Waals surface area contributed by atoms with Gasteiger partial charge in [0.05, 0.1) is 38.3 Å². The lowest BCUT2D eigenvalue weighted by molar-refractivity contribution is 0.0950. The zero-order valence-corrected chi connectivity index (χ0v) is 18.8. The summed E-state index contributed by atoms with van der Waals surface area (Å²) in [5.74, 6) is 1.47. The van der Waals surface area contributed by atoms with Crippen molar-refractivity contribution in [1.29, 1.82) is 0 Å². The minimum atomic E-state index is -0.409. The van der Waals surface area contributed by atoms with Crippen LogP contribution >= 0.6 is 0 Å². The summed E-state index contributed by atoms with van der Waals surface area (Å²) in [7, 11) is 4.75. The smallest absolute Gasteiger partial charge is 0.289 e. The highest BCUT2D eigenvalue weighted by Crippen LogP contribution is 2.36. The summed E-state index contributed by atoms with van der Waals surface area (Å²) in [5, 5.41) is 13.4. The minimum Gasteiger partial charge on any atom is -0.496 e. The fourth-order valence-electron chi connectivity index (χ4n) is 3.57. The summed E-state index contributed by atoms with van der Waals surface area (Å²) in [4.78, 5) is 12.7. The molecule has 1 amide bonds. The second kappa shape index (κ2) is 9.44. The number of benzene rings is 3. The third-order valence-corrected chi connectivity index (χ3v) is 5.32. The topological polar surface area (TPSA) is 97.8 Å². The summed E-state index contributed by atoms with van der Waals surface area (Å²) in [6.45, 7) is 1.79. The van der Waals surface area contributed by atoms with Crippen molar-refractivity contribution in [2.45, 2.75) is 6.92 Å². The van der Waals surface area contributed by atoms with Crippen molar-refractivity contribution < 1.29 is 19.0 Å². The number of amides is 1. The van der Waals surface area contributed by atoms with Crippen molar-refractivity contribution in [2.24, 2.45) is 5.10 Å². The van der Waals surface area contributed by atoms with Crippen LogP contribution in [0.5, 0.6) is 17.2 Å². The number of methoxy groups -OCH3 is 3. The third-order valence-electron chi connectivity index (χ3n) is 5.32. The molecule has 0 bridgehead atoms. The molecule has 1 aromatic heterocycles. The number of nitrogens with one attached hydrogen (secondary N) is 2. The van der Waals surface area contributed by atoms with Gasteiger partial charge in [-0.05, 0) is 48.0 Å². The highest BCUT2D eigenvalue weighted by Gasteiger charge is 2.16. The van der Waals surface area contributed by atoms with Gasteiger partial charge in [0.1, 0.15) is 11.4 Å². The number of hydrogen-bond donors (Lipinski definition) is 2. The number of H-pyrrole nitrogens is 1. The van der Waals surface area contributed by atoms with Crippen LogP contribution in [0.4, 0.5) is 0 Å². The zero-order chi connectivity index (χ0) is 23.4. The van der Waals surface area contributed by atoms with E-state index in [0.29, 0.717) is 28.7 Å². The Labute approximate surface area is 191 Å². The molecule has 8 heteroatoms. The molecule has 0 spiro atoms. The van der Waals surface area contributed by atoms with Gasteiger partial charge in [-0.1, -0.05) is 30.3 Å². The average molecular weight is 444 g/mol. The van der Waals surface area contributed by atoms with Crippen LogP contribution in [0.15, 0.2) is 65.8 Å². The molecule has 33 heavy (non-hydrogen) atoms. The fraction of sp³-hybridized carbons (Fsp3) is 0.160. The molecule has 0 aliphatic rings. The first kappa shape index (κ1) is 21.9. The van der Waals surface area contributed by atoms with Crippen LogP contribution in [-0.2, 0) is 0 Å². The summed E-state index contributed by atoms with van der Waals surface area (Å²) >= 11 is 0. The van der Waals surface area contributed by atoms with Crippen LogP contribution in [0.3, 0.4) is 0 Å². The van der Waals surface area contributed by atoms with Gasteiger partial charge in [-0.25, -0.2) is 5.43 Å². The van der Waals surface area contributed by atoms with Gasteiger partial charge in [0, 0.05) is 5.56 Å². The lowest BCUT2D eigenvalue weighted by atomic mass is 10.0. The van der Waals surface area contributed by atoms with Crippen molar-refractivity contribution in [3.8, 4) is 28.5 Å². The van der Waals surface area contributed by atoms with Crippen LogP contribution in [0, 0.1) is 0 Å². The number of ether oxygens (including phenoxy) is 3. The SMILES string of the molecule is COc1ccc(/C(C)=N/NC(=O)c2cc(-c3c(OC)ccc4ccccc34)n[nH]2)cc1OC. The normalized spacial score (nSPS) is 11.3. The van der Waals surface area contributed by atoms with E-state index in [4.69, 9.17) is 14.2 Å². The van der Waals surface area contributed by atoms with Gasteiger partial charge < -0.3 is 14.2 Å². The fourth-order valence-corrected chi connectivity index (χ4v) is 3.57. The molecule has 0 saturated carbocycles. The van der Waals surface area contributed by atoms with Crippen LogP contribution in [0.25, 0.3) is 22.0 Å². The predicted octanol–water partition coefficient (Wildman–Crippen LogP) is 4.41. The highest BCUT2D eigenvalue weighted by molar-refractivity contribution is 6.02. The van der Waals surface area contributed by atoms with E-state index in [1.54, 1.807) is 46.5 Å². The lowest BCUT2D eigenvalue weighted by Gasteiger charge is -2.10. The monoisotopic (exact) mass is 444 g/mol.